The number of benzene rings is 5. The number of rotatable bonds is 26. The van der Waals surface area contributed by atoms with Crippen molar-refractivity contribution in [3.63, 3.8) is 0 Å². The molecule has 1 aliphatic carbocycles. The zero-order chi connectivity index (χ0) is 79.3. The largest absolute Gasteiger partial charge is 0.385 e. The van der Waals surface area contributed by atoms with Crippen LogP contribution >= 0.6 is 0 Å². The zero-order valence-corrected chi connectivity index (χ0v) is 63.5. The van der Waals surface area contributed by atoms with E-state index >= 15 is 0 Å². The second kappa shape index (κ2) is 35.9. The molecule has 1 saturated carbocycles. The molecule has 16 rings (SSSR count). The van der Waals surface area contributed by atoms with Crippen molar-refractivity contribution < 1.29 is 23.8 Å². The Morgan fingerprint density at radius 1 is 0.464 bits per heavy atom. The van der Waals surface area contributed by atoms with Gasteiger partial charge in [-0.2, -0.15) is 25.5 Å². The maximum Gasteiger partial charge on any atom is 0.267 e. The third-order valence-corrected chi connectivity index (χ3v) is 20.2. The van der Waals surface area contributed by atoms with E-state index < -0.39 is 11.4 Å². The molecule has 0 radical (unpaired) electrons. The quantitative estimate of drug-likeness (QED) is 0.0253. The molecule has 0 spiro atoms. The van der Waals surface area contributed by atoms with Crippen LogP contribution in [0.5, 0.6) is 0 Å². The standard InChI is InChI=1S/C18H21N5O2.C17H22N4O2.C16H20N4O2.C15H18N4O2.C14H15N5O2/c1-11-14-15(22-21-11)12-5-2-3-6-13(12)23(16(14)24)10-4-9-20-17(25)18(19)7-8-18;1-23-11-4-7-13-15-16(20-19-13)12-6-2-3-8-14(12)21(17(15)22)10-5-9-18;1-10(22-2)14-13-15(19-18-14)11-6-3-4-7-12(11)20(16(13)21)9-5-8-17;1-21-9-11-13-14(18-17-11)10-5-2-3-6-12(10)19(15(13)20)8-4-7-16;15-6-3-7-19-9-5-2-1-4-8(9)11-10(14(19)21)12(13(16)20)18-17-11/h2-3,5-6H,4,7-10,19H2,1H3,(H,20,25)(H,21,22);2-3,6,8H,4-5,7,9-11,18H2,1H3,(H,19,20);3-4,6-7,10H,5,8-9,17H2,1-2H3,(H,18,19);2-3,5-6H,4,7-9,16H2,1H3,(H,17,18);1-2,4-5H,3,6-7,15H2,(H2,16,20)(H,17,18). The van der Waals surface area contributed by atoms with Gasteiger partial charge in [0.2, 0.25) is 5.91 Å². The monoisotopic (exact) mass is 1520 g/mol. The van der Waals surface area contributed by atoms with Crippen LogP contribution in [0.1, 0.15) is 97.7 Å². The molecule has 1 aliphatic rings. The van der Waals surface area contributed by atoms with Crippen LogP contribution in [0.2, 0.25) is 0 Å². The Morgan fingerprint density at radius 3 is 1.24 bits per heavy atom. The number of ether oxygens (including phenoxy) is 3. The fourth-order valence-corrected chi connectivity index (χ4v) is 14.3. The Balaban J connectivity index is 0.000000130. The van der Waals surface area contributed by atoms with Crippen LogP contribution in [0.15, 0.2) is 145 Å². The molecule has 1 fully saturated rings. The molecule has 0 saturated heterocycles. The highest BCUT2D eigenvalue weighted by Gasteiger charge is 2.45. The average Bonchev–Trinajstić information content (AvgIpc) is 1.55. The van der Waals surface area contributed by atoms with Crippen LogP contribution in [-0.2, 0) is 64.8 Å². The fourth-order valence-electron chi connectivity index (χ4n) is 14.3. The number of nitrogens with two attached hydrogens (primary N) is 6. The highest BCUT2D eigenvalue weighted by Crippen LogP contribution is 2.33. The summed E-state index contributed by atoms with van der Waals surface area (Å²) in [5, 5.41) is 46.1. The highest BCUT2D eigenvalue weighted by atomic mass is 16.5. The molecule has 1 unspecified atom stereocenters. The minimum Gasteiger partial charge on any atom is -0.385 e. The number of H-pyrrole nitrogens is 5. The van der Waals surface area contributed by atoms with E-state index in [2.05, 4.69) is 56.3 Å². The molecule has 32 heteroatoms. The molecular weight excluding hydrogens is 1430 g/mol. The van der Waals surface area contributed by atoms with E-state index in [9.17, 15) is 33.6 Å². The van der Waals surface area contributed by atoms with Gasteiger partial charge in [0.1, 0.15) is 33.3 Å². The van der Waals surface area contributed by atoms with E-state index in [4.69, 9.17) is 48.6 Å². The summed E-state index contributed by atoms with van der Waals surface area (Å²) >= 11 is 0. The third kappa shape index (κ3) is 16.1. The molecule has 2 amide bonds. The summed E-state index contributed by atoms with van der Waals surface area (Å²) in [7, 11) is 4.89. The molecule has 1 atom stereocenters. The molecule has 10 heterocycles. The molecular formula is C80H96N22O10. The normalized spacial score (nSPS) is 12.7. The van der Waals surface area contributed by atoms with Gasteiger partial charge in [-0.05, 0) is 128 Å². The second-order valence-corrected chi connectivity index (χ2v) is 27.6. The maximum absolute atomic E-state index is 13.0. The van der Waals surface area contributed by atoms with Crippen molar-refractivity contribution in [2.45, 2.75) is 123 Å². The van der Waals surface area contributed by atoms with Crippen LogP contribution in [-0.4, -0.2) is 152 Å². The van der Waals surface area contributed by atoms with E-state index in [1.807, 2.05) is 140 Å². The van der Waals surface area contributed by atoms with E-state index in [0.29, 0.717) is 141 Å². The second-order valence-electron chi connectivity index (χ2n) is 27.6. The van der Waals surface area contributed by atoms with E-state index in [0.717, 1.165) is 122 Å². The Hall–Kier alpha value is -11.9. The smallest absolute Gasteiger partial charge is 0.267 e. The van der Waals surface area contributed by atoms with Crippen molar-refractivity contribution in [1.29, 1.82) is 0 Å². The number of hydrogen-bond donors (Lipinski definition) is 12. The van der Waals surface area contributed by atoms with Gasteiger partial charge in [0.05, 0.1) is 84.2 Å². The molecule has 112 heavy (non-hydrogen) atoms. The lowest BCUT2D eigenvalue weighted by Gasteiger charge is -2.13. The van der Waals surface area contributed by atoms with E-state index in [1.165, 1.54) is 0 Å². The number of primary amides is 1. The number of aromatic amines is 5. The predicted molar refractivity (Wildman–Crippen MR) is 437 cm³/mol. The van der Waals surface area contributed by atoms with Crippen molar-refractivity contribution in [2.24, 2.45) is 34.4 Å². The summed E-state index contributed by atoms with van der Waals surface area (Å²) in [5.74, 6) is -0.791. The summed E-state index contributed by atoms with van der Waals surface area (Å²) in [5.41, 5.74) is 43.2. The Labute approximate surface area is 640 Å². The number of methoxy groups -OCH3 is 3. The minimum atomic E-state index is -0.699. The van der Waals surface area contributed by atoms with Gasteiger partial charge in [-0.3, -0.25) is 59.1 Å². The number of pyridine rings is 5. The van der Waals surface area contributed by atoms with Gasteiger partial charge >= 0.3 is 0 Å². The van der Waals surface area contributed by atoms with Crippen LogP contribution in [0.3, 0.4) is 0 Å². The lowest BCUT2D eigenvalue weighted by atomic mass is 10.1. The van der Waals surface area contributed by atoms with Crippen molar-refractivity contribution in [2.75, 3.05) is 60.7 Å². The summed E-state index contributed by atoms with van der Waals surface area (Å²) in [4.78, 5) is 87.7. The first-order valence-electron chi connectivity index (χ1n) is 37.5. The van der Waals surface area contributed by atoms with Crippen LogP contribution < -0.4 is 67.5 Å². The third-order valence-electron chi connectivity index (χ3n) is 20.2. The lowest BCUT2D eigenvalue weighted by Crippen LogP contribution is -2.43. The summed E-state index contributed by atoms with van der Waals surface area (Å²) in [6, 6.07) is 38.7. The molecule has 0 aliphatic heterocycles. The molecule has 32 nitrogen and oxygen atoms in total. The Morgan fingerprint density at radius 2 is 0.821 bits per heavy atom. The molecule has 586 valence electrons. The van der Waals surface area contributed by atoms with Gasteiger partial charge in [0.25, 0.3) is 33.7 Å². The number of aryl methyl sites for hydroxylation is 7. The first-order valence-corrected chi connectivity index (χ1v) is 37.5. The van der Waals surface area contributed by atoms with Crippen LogP contribution in [0.4, 0.5) is 0 Å². The number of fused-ring (bicyclic) bond motifs is 15. The molecule has 5 aromatic carbocycles. The number of hydrogen-bond acceptors (Lipinski definition) is 20. The van der Waals surface area contributed by atoms with Crippen molar-refractivity contribution in [3.8, 4) is 0 Å². The summed E-state index contributed by atoms with van der Waals surface area (Å²) < 4.78 is 24.4. The van der Waals surface area contributed by atoms with Crippen molar-refractivity contribution in [3.05, 3.63) is 202 Å². The summed E-state index contributed by atoms with van der Waals surface area (Å²) in [6.45, 7) is 10.2. The highest BCUT2D eigenvalue weighted by molar-refractivity contribution is 6.12. The average molecular weight is 1530 g/mol. The van der Waals surface area contributed by atoms with Gasteiger partial charge in [-0.1, -0.05) is 91.0 Å². The van der Waals surface area contributed by atoms with Crippen molar-refractivity contribution >= 4 is 121 Å². The lowest BCUT2D eigenvalue weighted by molar-refractivity contribution is -0.123. The van der Waals surface area contributed by atoms with Gasteiger partial charge in [0, 0.05) is 106 Å². The topological polar surface area (TPSA) is 483 Å². The number of amides is 2. The predicted octanol–water partition coefficient (Wildman–Crippen LogP) is 6.62. The zero-order valence-electron chi connectivity index (χ0n) is 63.5. The van der Waals surface area contributed by atoms with Gasteiger partial charge < -0.3 is 76.8 Å². The Bertz CT molecular complexity index is 6230. The van der Waals surface area contributed by atoms with Crippen LogP contribution in [0, 0.1) is 6.92 Å². The molecule has 10 aromatic heterocycles. The minimum absolute atomic E-state index is 0.00770. The van der Waals surface area contributed by atoms with E-state index in [1.54, 1.807) is 39.6 Å². The number of carbonyl (C=O) groups excluding carboxylic acids is 2. The number of para-hydroxylation sites is 5. The number of aromatic nitrogens is 15. The summed E-state index contributed by atoms with van der Waals surface area (Å²) in [6.07, 6.45) is 6.48. The number of carbonyl (C=O) groups is 2. The molecule has 0 bridgehead atoms. The van der Waals surface area contributed by atoms with Gasteiger partial charge in [-0.25, -0.2) is 0 Å². The SMILES string of the molecule is COC(C)c1[nH]nc2c1c(=O)n(CCCN)c1ccccc21.COCCCc1[nH]nc2c1c(=O)n(CCCN)c1ccccc21.COCc1[nH]nc2c1c(=O)n(CCCN)c1ccccc21.Cc1[nH]nc2c1c(=O)n(CCCNC(=O)C1(N)CC1)c1ccccc21.NCCCn1c(=O)c2c(C(N)=O)[nH]nc2c2ccccc21. The number of nitrogens with zero attached hydrogens (tertiary/aromatic N) is 10. The first-order chi connectivity index (χ1) is 54.4. The molecule has 15 aromatic rings. The van der Waals surface area contributed by atoms with Gasteiger partial charge in [0.15, 0.2) is 0 Å². The fraction of sp³-hybridized carbons (Fsp3) is 0.350. The first kappa shape index (κ1) is 79.7. The number of nitrogens with one attached hydrogen (secondary N) is 6. The van der Waals surface area contributed by atoms with Gasteiger partial charge in [-0.15, -0.1) is 0 Å². The van der Waals surface area contributed by atoms with Crippen LogP contribution in [0.25, 0.3) is 109 Å². The molecule has 18 N–H and O–H groups in total. The Kier molecular flexibility index (Phi) is 25.5. The maximum atomic E-state index is 13.0. The van der Waals surface area contributed by atoms with Crippen molar-refractivity contribution in [1.82, 2.24) is 79.1 Å². The van der Waals surface area contributed by atoms with E-state index in [-0.39, 0.29) is 50.9 Å².